The third-order valence-corrected chi connectivity index (χ3v) is 5.11. The zero-order valence-electron chi connectivity index (χ0n) is 16.0. The van der Waals surface area contributed by atoms with Gasteiger partial charge in [-0.3, -0.25) is 9.38 Å². The van der Waals surface area contributed by atoms with Crippen molar-refractivity contribution < 1.29 is 22.6 Å². The molecule has 1 saturated carbocycles. The summed E-state index contributed by atoms with van der Waals surface area (Å²) in [6, 6.07) is 3.07. The van der Waals surface area contributed by atoms with Gasteiger partial charge in [-0.1, -0.05) is 0 Å². The van der Waals surface area contributed by atoms with Crippen LogP contribution >= 0.6 is 0 Å². The fraction of sp³-hybridized carbons (Fsp3) is 0.474. The van der Waals surface area contributed by atoms with Gasteiger partial charge in [0.1, 0.15) is 6.10 Å². The van der Waals surface area contributed by atoms with Crippen LogP contribution in [0.4, 0.5) is 13.2 Å². The molecule has 7 nitrogen and oxygen atoms in total. The Morgan fingerprint density at radius 2 is 1.97 bits per heavy atom. The van der Waals surface area contributed by atoms with E-state index in [1.165, 1.54) is 12.3 Å². The first-order valence-corrected chi connectivity index (χ1v) is 9.37. The molecule has 0 bridgehead atoms. The van der Waals surface area contributed by atoms with E-state index in [9.17, 15) is 13.2 Å². The zero-order valence-corrected chi connectivity index (χ0v) is 16.0. The van der Waals surface area contributed by atoms with Crippen molar-refractivity contribution in [1.29, 1.82) is 0 Å². The Morgan fingerprint density at radius 3 is 2.55 bits per heavy atom. The smallest absolute Gasteiger partial charge is 0.428 e. The second kappa shape index (κ2) is 7.25. The minimum absolute atomic E-state index is 0.0490. The molecule has 4 rings (SSSR count). The van der Waals surface area contributed by atoms with Crippen LogP contribution in [-0.2, 0) is 4.74 Å². The van der Waals surface area contributed by atoms with E-state index in [-0.39, 0.29) is 24.8 Å². The molecule has 0 N–H and O–H groups in total. The number of pyridine rings is 1. The molecule has 154 valence electrons. The summed E-state index contributed by atoms with van der Waals surface area (Å²) < 4.78 is 52.4. The van der Waals surface area contributed by atoms with Crippen LogP contribution in [0.15, 0.2) is 30.7 Å². The molecule has 3 aromatic rings. The van der Waals surface area contributed by atoms with Gasteiger partial charge < -0.3 is 9.47 Å². The van der Waals surface area contributed by atoms with Gasteiger partial charge in [0.05, 0.1) is 11.9 Å². The average molecular weight is 407 g/mol. The van der Waals surface area contributed by atoms with Crippen LogP contribution in [0.1, 0.15) is 45.0 Å². The van der Waals surface area contributed by atoms with Crippen LogP contribution in [0.5, 0.6) is 5.88 Å². The number of fused-ring (bicyclic) bond motifs is 1. The van der Waals surface area contributed by atoms with Gasteiger partial charge in [0.25, 0.3) is 0 Å². The van der Waals surface area contributed by atoms with Gasteiger partial charge in [0, 0.05) is 30.6 Å². The maximum Gasteiger partial charge on any atom is 0.428 e. The summed E-state index contributed by atoms with van der Waals surface area (Å²) in [6.45, 7) is 4.32. The molecule has 0 radical (unpaired) electrons. The number of aromatic nitrogens is 5. The molecule has 0 unspecified atom stereocenters. The summed E-state index contributed by atoms with van der Waals surface area (Å²) in [6.07, 6.45) is 0.494. The van der Waals surface area contributed by atoms with Crippen molar-refractivity contribution in [2.75, 3.05) is 6.61 Å². The molecule has 3 aromatic heterocycles. The van der Waals surface area contributed by atoms with E-state index in [0.717, 1.165) is 0 Å². The molecule has 10 heteroatoms. The highest BCUT2D eigenvalue weighted by Crippen LogP contribution is 2.48. The zero-order chi connectivity index (χ0) is 20.6. The van der Waals surface area contributed by atoms with Crippen LogP contribution in [-0.4, -0.2) is 43.0 Å². The first kappa shape index (κ1) is 19.6. The van der Waals surface area contributed by atoms with Crippen molar-refractivity contribution >= 4 is 5.65 Å². The molecule has 29 heavy (non-hydrogen) atoms. The highest BCUT2D eigenvalue weighted by Gasteiger charge is 2.61. The molecule has 1 atom stereocenters. The molecule has 1 aliphatic carbocycles. The fourth-order valence-corrected chi connectivity index (χ4v) is 3.30. The first-order chi connectivity index (χ1) is 13.8. The first-order valence-electron chi connectivity index (χ1n) is 9.37. The molecular weight excluding hydrogens is 387 g/mol. The fourth-order valence-electron chi connectivity index (χ4n) is 3.30. The highest BCUT2D eigenvalue weighted by atomic mass is 19.4. The van der Waals surface area contributed by atoms with E-state index in [1.807, 2.05) is 13.8 Å². The predicted octanol–water partition coefficient (Wildman–Crippen LogP) is 4.15. The molecule has 1 fully saturated rings. The van der Waals surface area contributed by atoms with Crippen molar-refractivity contribution in [1.82, 2.24) is 24.6 Å². The summed E-state index contributed by atoms with van der Waals surface area (Å²) >= 11 is 0. The molecule has 0 aromatic carbocycles. The number of hydrogen-bond acceptors (Lipinski definition) is 6. The van der Waals surface area contributed by atoms with Gasteiger partial charge in [-0.2, -0.15) is 13.2 Å². The quantitative estimate of drug-likeness (QED) is 0.611. The molecular formula is C19H20F3N5O2. The molecule has 0 aliphatic heterocycles. The Balaban J connectivity index is 1.59. The van der Waals surface area contributed by atoms with Crippen LogP contribution in [0.25, 0.3) is 16.9 Å². The minimum atomic E-state index is -4.42. The predicted molar refractivity (Wildman–Crippen MR) is 97.3 cm³/mol. The lowest BCUT2D eigenvalue weighted by atomic mass is 9.79. The van der Waals surface area contributed by atoms with E-state index in [4.69, 9.17) is 9.47 Å². The standard InChI is InChI=1S/C19H20F3N5O2/c1-3-28-12(2)17-26-25-15-10-23-14(11-27(15)17)13-5-6-16(24-9-13)29-18(7-4-8-18)19(20,21)22/h5-6,9-12H,3-4,7-8H2,1-2H3/t12-/m1/s1. The summed E-state index contributed by atoms with van der Waals surface area (Å²) in [4.78, 5) is 8.40. The van der Waals surface area contributed by atoms with Crippen molar-refractivity contribution in [2.45, 2.75) is 51.0 Å². The van der Waals surface area contributed by atoms with Crippen molar-refractivity contribution in [2.24, 2.45) is 0 Å². The lowest BCUT2D eigenvalue weighted by molar-refractivity contribution is -0.275. The lowest BCUT2D eigenvalue weighted by Gasteiger charge is -2.42. The van der Waals surface area contributed by atoms with E-state index in [2.05, 4.69) is 20.2 Å². The number of rotatable bonds is 6. The Labute approximate surface area is 164 Å². The van der Waals surface area contributed by atoms with Crippen LogP contribution in [0.3, 0.4) is 0 Å². The van der Waals surface area contributed by atoms with Gasteiger partial charge in [0.2, 0.25) is 11.5 Å². The third-order valence-electron chi connectivity index (χ3n) is 5.11. The number of alkyl halides is 3. The van der Waals surface area contributed by atoms with E-state index >= 15 is 0 Å². The summed E-state index contributed by atoms with van der Waals surface area (Å²) in [5.74, 6) is 0.581. The van der Waals surface area contributed by atoms with E-state index < -0.39 is 11.8 Å². The third kappa shape index (κ3) is 3.52. The second-order valence-electron chi connectivity index (χ2n) is 6.99. The maximum atomic E-state index is 13.3. The van der Waals surface area contributed by atoms with Gasteiger partial charge in [-0.15, -0.1) is 10.2 Å². The number of ether oxygens (including phenoxy) is 2. The Hall–Kier alpha value is -2.75. The Morgan fingerprint density at radius 1 is 1.17 bits per heavy atom. The number of halogens is 3. The van der Waals surface area contributed by atoms with Crippen LogP contribution in [0.2, 0.25) is 0 Å². The SMILES string of the molecule is CCO[C@H](C)c1nnc2cnc(-c3ccc(OC4(C(F)(F)F)CCC4)nc3)cn12. The summed E-state index contributed by atoms with van der Waals surface area (Å²) in [5.41, 5.74) is -0.334. The average Bonchev–Trinajstić information content (AvgIpc) is 3.07. The second-order valence-corrected chi connectivity index (χ2v) is 6.99. The van der Waals surface area contributed by atoms with Crippen molar-refractivity contribution in [3.63, 3.8) is 0 Å². The Kier molecular flexibility index (Phi) is 4.89. The van der Waals surface area contributed by atoms with Crippen LogP contribution < -0.4 is 4.74 Å². The molecule has 0 amide bonds. The highest BCUT2D eigenvalue weighted by molar-refractivity contribution is 5.59. The van der Waals surface area contributed by atoms with Gasteiger partial charge >= 0.3 is 6.18 Å². The van der Waals surface area contributed by atoms with Gasteiger partial charge in [0.15, 0.2) is 11.5 Å². The van der Waals surface area contributed by atoms with Crippen LogP contribution in [0, 0.1) is 0 Å². The lowest BCUT2D eigenvalue weighted by Crippen LogP contribution is -2.55. The number of nitrogens with zero attached hydrogens (tertiary/aromatic N) is 5. The molecule has 0 saturated heterocycles. The van der Waals surface area contributed by atoms with Gasteiger partial charge in [-0.05, 0) is 39.2 Å². The normalized spacial score (nSPS) is 17.1. The molecule has 0 spiro atoms. The minimum Gasteiger partial charge on any atom is -0.461 e. The number of hydrogen-bond donors (Lipinski definition) is 0. The monoisotopic (exact) mass is 407 g/mol. The van der Waals surface area contributed by atoms with Gasteiger partial charge in [-0.25, -0.2) is 4.98 Å². The Bertz CT molecular complexity index is 999. The van der Waals surface area contributed by atoms with E-state index in [0.29, 0.717) is 35.8 Å². The topological polar surface area (TPSA) is 74.4 Å². The summed E-state index contributed by atoms with van der Waals surface area (Å²) in [5, 5.41) is 8.23. The van der Waals surface area contributed by atoms with Crippen molar-refractivity contribution in [3.05, 3.63) is 36.5 Å². The maximum absolute atomic E-state index is 13.3. The van der Waals surface area contributed by atoms with E-state index in [1.54, 1.807) is 22.9 Å². The molecule has 1 aliphatic rings. The van der Waals surface area contributed by atoms with Crippen molar-refractivity contribution in [3.8, 4) is 17.1 Å². The summed E-state index contributed by atoms with van der Waals surface area (Å²) in [7, 11) is 0. The largest absolute Gasteiger partial charge is 0.461 e. The molecule has 3 heterocycles.